The van der Waals surface area contributed by atoms with Crippen molar-refractivity contribution in [2.45, 2.75) is 18.8 Å². The van der Waals surface area contributed by atoms with Crippen LogP contribution in [0, 0.1) is 11.3 Å². The lowest BCUT2D eigenvalue weighted by molar-refractivity contribution is 0.122. The quantitative estimate of drug-likeness (QED) is 0.216. The standard InChI is InChI=1S/C30H31BrN7O3P/c1-40-27-15-26(38-10-12-41-13-11-38)19(16-32)14-25(27)36-30-33-17-21(31)29(37-30)35-24-9-8-23-20(28(24)42(2,3)39)6-7-22(34-23)18-4-5-18/h6-9,14-15,17-18H,4-5,10-13H2,1-3H3,(H2,33,35,36,37). The normalized spacial score (nSPS) is 15.4. The maximum atomic E-state index is 13.6. The molecule has 2 aromatic carbocycles. The summed E-state index contributed by atoms with van der Waals surface area (Å²) in [6.07, 6.45) is 3.98. The topological polar surface area (TPSA) is 125 Å². The highest BCUT2D eigenvalue weighted by atomic mass is 79.9. The Hall–Kier alpha value is -3.71. The molecular weight excluding hydrogens is 617 g/mol. The molecule has 42 heavy (non-hydrogen) atoms. The first kappa shape index (κ1) is 28.4. The molecular formula is C30H31BrN7O3P. The fourth-order valence-corrected chi connectivity index (χ4v) is 7.02. The molecule has 2 N–H and O–H groups in total. The molecule has 0 radical (unpaired) electrons. The van der Waals surface area contributed by atoms with E-state index in [9.17, 15) is 9.83 Å². The van der Waals surface area contributed by atoms with Gasteiger partial charge in [0.15, 0.2) is 0 Å². The van der Waals surface area contributed by atoms with Gasteiger partial charge in [0.25, 0.3) is 0 Å². The number of fused-ring (bicyclic) bond motifs is 1. The van der Waals surface area contributed by atoms with Gasteiger partial charge in [0.05, 0.1) is 52.9 Å². The second-order valence-corrected chi connectivity index (χ2v) is 14.8. The molecule has 0 spiro atoms. The van der Waals surface area contributed by atoms with Gasteiger partial charge in [0.2, 0.25) is 5.95 Å². The smallest absolute Gasteiger partial charge is 0.229 e. The van der Waals surface area contributed by atoms with Crippen LogP contribution in [0.4, 0.5) is 28.8 Å². The van der Waals surface area contributed by atoms with Crippen molar-refractivity contribution in [2.75, 3.05) is 62.3 Å². The number of nitrogens with zero attached hydrogens (tertiary/aromatic N) is 5. The fraction of sp³-hybridized carbons (Fsp3) is 0.333. The van der Waals surface area contributed by atoms with Crippen LogP contribution in [0.2, 0.25) is 0 Å². The summed E-state index contributed by atoms with van der Waals surface area (Å²) in [5, 5.41) is 18.1. The van der Waals surface area contributed by atoms with Crippen LogP contribution in [0.5, 0.6) is 5.75 Å². The maximum Gasteiger partial charge on any atom is 0.229 e. The number of hydrogen-bond acceptors (Lipinski definition) is 10. The Morgan fingerprint density at radius 1 is 1.10 bits per heavy atom. The third kappa shape index (κ3) is 5.80. The van der Waals surface area contributed by atoms with Crippen LogP contribution in [-0.2, 0) is 9.30 Å². The number of benzene rings is 2. The average molecular weight is 649 g/mol. The molecule has 0 bridgehead atoms. The number of nitriles is 1. The molecule has 6 rings (SSSR count). The van der Waals surface area contributed by atoms with E-state index in [1.54, 1.807) is 32.7 Å². The second kappa shape index (κ2) is 11.5. The summed E-state index contributed by atoms with van der Waals surface area (Å²) in [6.45, 7) is 6.15. The van der Waals surface area contributed by atoms with Crippen molar-refractivity contribution in [3.8, 4) is 11.8 Å². The molecule has 216 valence electrons. The molecule has 1 aliphatic carbocycles. The van der Waals surface area contributed by atoms with Gasteiger partial charge in [-0.3, -0.25) is 4.98 Å². The van der Waals surface area contributed by atoms with Crippen molar-refractivity contribution in [3.63, 3.8) is 0 Å². The summed E-state index contributed by atoms with van der Waals surface area (Å²) in [4.78, 5) is 16.1. The molecule has 0 atom stereocenters. The number of halogens is 1. The number of anilines is 5. The first-order chi connectivity index (χ1) is 20.2. The van der Waals surface area contributed by atoms with Crippen molar-refractivity contribution in [3.05, 3.63) is 58.3 Å². The van der Waals surface area contributed by atoms with Gasteiger partial charge in [-0.15, -0.1) is 0 Å². The Morgan fingerprint density at radius 2 is 1.88 bits per heavy atom. The van der Waals surface area contributed by atoms with Gasteiger partial charge in [-0.1, -0.05) is 6.07 Å². The van der Waals surface area contributed by atoms with Crippen LogP contribution in [0.25, 0.3) is 10.9 Å². The molecule has 0 unspecified atom stereocenters. The van der Waals surface area contributed by atoms with E-state index >= 15 is 0 Å². The lowest BCUT2D eigenvalue weighted by Crippen LogP contribution is -2.36. The van der Waals surface area contributed by atoms with Crippen LogP contribution >= 0.6 is 23.1 Å². The number of hydrogen-bond donors (Lipinski definition) is 2. The third-order valence-corrected chi connectivity index (χ3v) is 9.57. The molecule has 2 aromatic heterocycles. The van der Waals surface area contributed by atoms with E-state index in [0.29, 0.717) is 71.1 Å². The molecule has 2 aliphatic rings. The summed E-state index contributed by atoms with van der Waals surface area (Å²) in [5.41, 5.74) is 4.51. The minimum Gasteiger partial charge on any atom is -0.494 e. The molecule has 4 aromatic rings. The van der Waals surface area contributed by atoms with Crippen molar-refractivity contribution in [1.82, 2.24) is 15.0 Å². The minimum atomic E-state index is -2.72. The summed E-state index contributed by atoms with van der Waals surface area (Å²) in [5.74, 6) is 1.89. The van der Waals surface area contributed by atoms with Gasteiger partial charge in [-0.25, -0.2) is 4.98 Å². The number of morpholine rings is 1. The predicted octanol–water partition coefficient (Wildman–Crippen LogP) is 6.12. The summed E-state index contributed by atoms with van der Waals surface area (Å²) >= 11 is 3.55. The number of nitrogens with one attached hydrogen (secondary N) is 2. The zero-order valence-electron chi connectivity index (χ0n) is 23.6. The van der Waals surface area contributed by atoms with E-state index in [4.69, 9.17) is 19.4 Å². The Morgan fingerprint density at radius 3 is 2.57 bits per heavy atom. The Bertz CT molecular complexity index is 1760. The Balaban J connectivity index is 1.33. The van der Waals surface area contributed by atoms with Gasteiger partial charge in [0.1, 0.15) is 24.8 Å². The Labute approximate surface area is 253 Å². The first-order valence-corrected chi connectivity index (χ1v) is 17.1. The minimum absolute atomic E-state index is 0.302. The van der Waals surface area contributed by atoms with Gasteiger partial charge < -0.3 is 29.6 Å². The highest BCUT2D eigenvalue weighted by Gasteiger charge is 2.27. The van der Waals surface area contributed by atoms with E-state index in [1.807, 2.05) is 24.3 Å². The van der Waals surface area contributed by atoms with E-state index in [-0.39, 0.29) is 0 Å². The van der Waals surface area contributed by atoms with E-state index in [1.165, 1.54) is 12.8 Å². The van der Waals surface area contributed by atoms with Crippen LogP contribution < -0.4 is 25.6 Å². The first-order valence-electron chi connectivity index (χ1n) is 13.8. The lowest BCUT2D eigenvalue weighted by atomic mass is 10.1. The zero-order chi connectivity index (χ0) is 29.4. The van der Waals surface area contributed by atoms with Gasteiger partial charge in [0, 0.05) is 47.7 Å². The second-order valence-electron chi connectivity index (χ2n) is 10.8. The van der Waals surface area contributed by atoms with Gasteiger partial charge in [-0.05, 0) is 66.4 Å². The highest BCUT2D eigenvalue weighted by Crippen LogP contribution is 2.44. The number of aromatic nitrogens is 3. The zero-order valence-corrected chi connectivity index (χ0v) is 26.1. The monoisotopic (exact) mass is 647 g/mol. The van der Waals surface area contributed by atoms with Crippen LogP contribution in [-0.4, -0.2) is 61.7 Å². The molecule has 1 aliphatic heterocycles. The van der Waals surface area contributed by atoms with Gasteiger partial charge in [-0.2, -0.15) is 10.2 Å². The van der Waals surface area contributed by atoms with E-state index in [2.05, 4.69) is 48.6 Å². The highest BCUT2D eigenvalue weighted by molar-refractivity contribution is 9.10. The van der Waals surface area contributed by atoms with Crippen molar-refractivity contribution in [2.24, 2.45) is 0 Å². The maximum absolute atomic E-state index is 13.6. The van der Waals surface area contributed by atoms with E-state index in [0.717, 1.165) is 27.6 Å². The molecule has 2 fully saturated rings. The molecule has 1 saturated carbocycles. The van der Waals surface area contributed by atoms with Crippen LogP contribution in [0.15, 0.2) is 47.1 Å². The predicted molar refractivity (Wildman–Crippen MR) is 170 cm³/mol. The SMILES string of the molecule is COc1cc(N2CCOCC2)c(C#N)cc1Nc1ncc(Br)c(Nc2ccc3nc(C4CC4)ccc3c2P(C)(C)=O)n1. The number of methoxy groups -OCH3 is 1. The van der Waals surface area contributed by atoms with Gasteiger partial charge >= 0.3 is 0 Å². The van der Waals surface area contributed by atoms with Crippen LogP contribution in [0.3, 0.4) is 0 Å². The van der Waals surface area contributed by atoms with Crippen LogP contribution in [0.1, 0.15) is 30.0 Å². The summed E-state index contributed by atoms with van der Waals surface area (Å²) in [6, 6.07) is 13.9. The fourth-order valence-electron chi connectivity index (χ4n) is 5.25. The molecule has 1 saturated heterocycles. The number of rotatable bonds is 8. The summed E-state index contributed by atoms with van der Waals surface area (Å²) in [7, 11) is -1.13. The number of ether oxygens (including phenoxy) is 2. The Kier molecular flexibility index (Phi) is 7.79. The molecule has 10 nitrogen and oxygen atoms in total. The average Bonchev–Trinajstić information content (AvgIpc) is 3.84. The molecule has 0 amide bonds. The van der Waals surface area contributed by atoms with Crippen molar-refractivity contribution in [1.29, 1.82) is 5.26 Å². The lowest BCUT2D eigenvalue weighted by Gasteiger charge is -2.30. The molecule has 12 heteroatoms. The number of pyridine rings is 1. The summed E-state index contributed by atoms with van der Waals surface area (Å²) < 4.78 is 25.3. The van der Waals surface area contributed by atoms with Crippen molar-refractivity contribution < 1.29 is 14.0 Å². The molecule has 3 heterocycles. The van der Waals surface area contributed by atoms with E-state index < -0.39 is 7.14 Å². The largest absolute Gasteiger partial charge is 0.494 e. The third-order valence-electron chi connectivity index (χ3n) is 7.43. The van der Waals surface area contributed by atoms with Crippen molar-refractivity contribution >= 4 is 68.1 Å².